The minimum Gasteiger partial charge on any atom is -0.477 e. The lowest BCUT2D eigenvalue weighted by molar-refractivity contribution is 0.0695. The van der Waals surface area contributed by atoms with Gasteiger partial charge >= 0.3 is 5.97 Å². The van der Waals surface area contributed by atoms with Crippen molar-refractivity contribution in [3.63, 3.8) is 0 Å². The van der Waals surface area contributed by atoms with Gasteiger partial charge in [0, 0.05) is 25.3 Å². The van der Waals surface area contributed by atoms with Crippen LogP contribution in [-0.2, 0) is 0 Å². The molecule has 4 heterocycles. The Morgan fingerprint density at radius 3 is 3.00 bits per heavy atom. The van der Waals surface area contributed by atoms with Crippen LogP contribution in [0.3, 0.4) is 0 Å². The Hall–Kier alpha value is -2.48. The van der Waals surface area contributed by atoms with Crippen molar-refractivity contribution in [2.75, 3.05) is 24.5 Å². The molecule has 23 heavy (non-hydrogen) atoms. The first-order valence-corrected chi connectivity index (χ1v) is 7.48. The fourth-order valence-corrected chi connectivity index (χ4v) is 3.52. The Morgan fingerprint density at radius 2 is 2.26 bits per heavy atom. The van der Waals surface area contributed by atoms with Gasteiger partial charge in [-0.05, 0) is 24.9 Å². The number of hydrogen-bond acceptors (Lipinski definition) is 5. The summed E-state index contributed by atoms with van der Waals surface area (Å²) < 4.78 is 14.4. The Labute approximate surface area is 130 Å². The molecular weight excluding hydrogens is 303 g/mol. The third-order valence-electron chi connectivity index (χ3n) is 4.69. The first-order chi connectivity index (χ1) is 11.0. The minimum atomic E-state index is -1.35. The minimum absolute atomic E-state index is 0.0522. The number of aromatic amines is 1. The first kappa shape index (κ1) is 14.1. The average Bonchev–Trinajstić information content (AvgIpc) is 3.08. The highest BCUT2D eigenvalue weighted by Crippen LogP contribution is 2.30. The number of carboxylic acid groups (broad SMARTS) is 1. The highest BCUT2D eigenvalue weighted by atomic mass is 19.1. The van der Waals surface area contributed by atoms with Crippen LogP contribution in [0.1, 0.15) is 16.8 Å². The molecule has 2 atom stereocenters. The zero-order valence-corrected chi connectivity index (χ0v) is 12.2. The van der Waals surface area contributed by atoms with E-state index in [4.69, 9.17) is 5.11 Å². The van der Waals surface area contributed by atoms with Crippen molar-refractivity contribution >= 4 is 22.8 Å². The molecule has 2 aliphatic rings. The maximum atomic E-state index is 14.4. The molecule has 3 N–H and O–H groups in total. The molecule has 2 fully saturated rings. The number of pyridine rings is 2. The van der Waals surface area contributed by atoms with Crippen molar-refractivity contribution in [1.29, 1.82) is 0 Å². The van der Waals surface area contributed by atoms with E-state index in [1.807, 2.05) is 4.90 Å². The zero-order valence-electron chi connectivity index (χ0n) is 12.2. The number of carboxylic acids is 1. The normalized spacial score (nSPS) is 23.4. The highest BCUT2D eigenvalue weighted by Gasteiger charge is 2.37. The predicted molar refractivity (Wildman–Crippen MR) is 81.4 cm³/mol. The average molecular weight is 318 g/mol. The summed E-state index contributed by atoms with van der Waals surface area (Å²) in [6.07, 6.45) is 2.16. The van der Waals surface area contributed by atoms with Crippen molar-refractivity contribution in [2.45, 2.75) is 12.5 Å². The fraction of sp³-hybridized carbons (Fsp3) is 0.400. The van der Waals surface area contributed by atoms with E-state index in [0.717, 1.165) is 31.8 Å². The van der Waals surface area contributed by atoms with Crippen molar-refractivity contribution in [3.8, 4) is 0 Å². The van der Waals surface area contributed by atoms with Crippen molar-refractivity contribution in [1.82, 2.24) is 15.3 Å². The predicted octanol–water partition coefficient (Wildman–Crippen LogP) is 0.558. The highest BCUT2D eigenvalue weighted by molar-refractivity contribution is 5.91. The lowest BCUT2D eigenvalue weighted by Crippen LogP contribution is -2.31. The molecule has 7 nitrogen and oxygen atoms in total. The molecule has 0 bridgehead atoms. The maximum absolute atomic E-state index is 14.4. The van der Waals surface area contributed by atoms with Crippen LogP contribution in [0.2, 0.25) is 0 Å². The van der Waals surface area contributed by atoms with E-state index in [0.29, 0.717) is 18.5 Å². The number of halogens is 1. The molecule has 0 saturated carbocycles. The molecular formula is C15H15FN4O3. The van der Waals surface area contributed by atoms with Gasteiger partial charge in [-0.3, -0.25) is 4.79 Å². The molecule has 120 valence electrons. The second-order valence-corrected chi connectivity index (χ2v) is 6.04. The molecule has 0 aromatic carbocycles. The zero-order chi connectivity index (χ0) is 16.1. The number of nitrogens with one attached hydrogen (secondary N) is 2. The monoisotopic (exact) mass is 318 g/mol. The Kier molecular flexibility index (Phi) is 3.08. The molecule has 2 aromatic rings. The Bertz CT molecular complexity index is 854. The largest absolute Gasteiger partial charge is 0.477 e. The number of rotatable bonds is 2. The lowest BCUT2D eigenvalue weighted by Gasteiger charge is -2.19. The second kappa shape index (κ2) is 5.02. The molecule has 2 saturated heterocycles. The van der Waals surface area contributed by atoms with Gasteiger partial charge in [-0.2, -0.15) is 0 Å². The van der Waals surface area contributed by atoms with Gasteiger partial charge in [0.15, 0.2) is 11.6 Å². The number of nitrogens with zero attached hydrogens (tertiary/aromatic N) is 2. The van der Waals surface area contributed by atoms with Gasteiger partial charge in [-0.1, -0.05) is 0 Å². The molecule has 8 heteroatoms. The van der Waals surface area contributed by atoms with Gasteiger partial charge in [0.1, 0.15) is 11.2 Å². The van der Waals surface area contributed by atoms with Crippen LogP contribution in [0.15, 0.2) is 17.1 Å². The summed E-state index contributed by atoms with van der Waals surface area (Å²) in [6.45, 7) is 2.39. The molecule has 0 spiro atoms. The van der Waals surface area contributed by atoms with Crippen LogP contribution in [-0.4, -0.2) is 46.7 Å². The number of carbonyl (C=O) groups is 1. The molecule has 2 aromatic heterocycles. The van der Waals surface area contributed by atoms with Gasteiger partial charge in [-0.15, -0.1) is 0 Å². The number of anilines is 1. The summed E-state index contributed by atoms with van der Waals surface area (Å²) in [7, 11) is 0. The van der Waals surface area contributed by atoms with E-state index in [1.54, 1.807) is 0 Å². The first-order valence-electron chi connectivity index (χ1n) is 7.48. The summed E-state index contributed by atoms with van der Waals surface area (Å²) in [5.74, 6) is -1.27. The maximum Gasteiger partial charge on any atom is 0.341 e. The Morgan fingerprint density at radius 1 is 1.43 bits per heavy atom. The summed E-state index contributed by atoms with van der Waals surface area (Å²) >= 11 is 0. The number of aromatic nitrogens is 2. The molecule has 0 amide bonds. The summed E-state index contributed by atoms with van der Waals surface area (Å²) in [5.41, 5.74) is -0.961. The van der Waals surface area contributed by atoms with E-state index in [1.165, 1.54) is 0 Å². The van der Waals surface area contributed by atoms with Crippen LogP contribution in [0.5, 0.6) is 0 Å². The Balaban J connectivity index is 1.78. The second-order valence-electron chi connectivity index (χ2n) is 6.04. The quantitative estimate of drug-likeness (QED) is 0.748. The molecule has 0 radical (unpaired) electrons. The van der Waals surface area contributed by atoms with E-state index in [2.05, 4.69) is 15.3 Å². The van der Waals surface area contributed by atoms with Crippen molar-refractivity contribution < 1.29 is 14.3 Å². The molecule has 0 unspecified atom stereocenters. The van der Waals surface area contributed by atoms with Gasteiger partial charge in [-0.25, -0.2) is 14.2 Å². The third kappa shape index (κ3) is 2.17. The van der Waals surface area contributed by atoms with Crippen molar-refractivity contribution in [2.24, 2.45) is 5.92 Å². The number of aromatic carboxylic acids is 1. The fourth-order valence-electron chi connectivity index (χ4n) is 3.52. The number of hydrogen-bond donors (Lipinski definition) is 3. The third-order valence-corrected chi connectivity index (χ3v) is 4.69. The van der Waals surface area contributed by atoms with Gasteiger partial charge in [0.2, 0.25) is 5.43 Å². The van der Waals surface area contributed by atoms with E-state index in [-0.39, 0.29) is 16.9 Å². The van der Waals surface area contributed by atoms with Crippen LogP contribution in [0.4, 0.5) is 10.2 Å². The molecule has 2 aliphatic heterocycles. The van der Waals surface area contributed by atoms with Crippen LogP contribution < -0.4 is 15.6 Å². The number of fused-ring (bicyclic) bond motifs is 2. The SMILES string of the molecule is O=C(O)c1c[nH]c2nc(N3C[C@@H]4CCN[C@@H]4C3)c(F)cc2c1=O. The van der Waals surface area contributed by atoms with Gasteiger partial charge < -0.3 is 20.3 Å². The van der Waals surface area contributed by atoms with Crippen LogP contribution >= 0.6 is 0 Å². The van der Waals surface area contributed by atoms with E-state index >= 15 is 0 Å². The molecule has 0 aliphatic carbocycles. The summed E-state index contributed by atoms with van der Waals surface area (Å²) in [4.78, 5) is 31.8. The van der Waals surface area contributed by atoms with E-state index in [9.17, 15) is 14.0 Å². The van der Waals surface area contributed by atoms with Crippen molar-refractivity contribution in [3.05, 3.63) is 33.9 Å². The van der Waals surface area contributed by atoms with Gasteiger partial charge in [0.05, 0.1) is 5.39 Å². The lowest BCUT2D eigenvalue weighted by atomic mass is 10.1. The smallest absolute Gasteiger partial charge is 0.341 e. The summed E-state index contributed by atoms with van der Waals surface area (Å²) in [5, 5.41) is 12.3. The topological polar surface area (TPSA) is 98.3 Å². The van der Waals surface area contributed by atoms with Crippen LogP contribution in [0.25, 0.3) is 11.0 Å². The standard InChI is InChI=1S/C15H15FN4O3/c16-10-3-8-12(21)9(15(22)23)4-18-13(8)19-14(10)20-5-7-1-2-17-11(7)6-20/h3-4,7,11,17H,1-2,5-6H2,(H,22,23)(H,18,19,21)/t7-,11+/m0/s1. The summed E-state index contributed by atoms with van der Waals surface area (Å²) in [6, 6.07) is 1.42. The van der Waals surface area contributed by atoms with Crippen LogP contribution in [0, 0.1) is 11.7 Å². The number of H-pyrrole nitrogens is 1. The molecule has 4 rings (SSSR count). The van der Waals surface area contributed by atoms with E-state index < -0.39 is 22.8 Å². The van der Waals surface area contributed by atoms with Gasteiger partial charge in [0.25, 0.3) is 0 Å².